The zero-order valence-corrected chi connectivity index (χ0v) is 9.65. The highest BCUT2D eigenvalue weighted by Crippen LogP contribution is 2.23. The van der Waals surface area contributed by atoms with E-state index in [-0.39, 0.29) is 5.82 Å². The molecule has 0 saturated heterocycles. The Morgan fingerprint density at radius 3 is 2.93 bits per heavy atom. The quantitative estimate of drug-likeness (QED) is 0.761. The molecule has 0 aliphatic rings. The molecule has 2 nitrogen and oxygen atoms in total. The highest BCUT2D eigenvalue weighted by molar-refractivity contribution is 7.98. The number of halogens is 1. The van der Waals surface area contributed by atoms with E-state index in [1.54, 1.807) is 30.0 Å². The summed E-state index contributed by atoms with van der Waals surface area (Å²) in [5.74, 6) is 1.70. The van der Waals surface area contributed by atoms with Crippen molar-refractivity contribution < 1.29 is 9.13 Å². The molecule has 0 spiro atoms. The lowest BCUT2D eigenvalue weighted by Crippen LogP contribution is -2.00. The van der Waals surface area contributed by atoms with Crippen molar-refractivity contribution in [2.45, 2.75) is 12.2 Å². The number of nitrogens with two attached hydrogens (primary N) is 1. The Morgan fingerprint density at radius 2 is 2.27 bits per heavy atom. The molecule has 1 rings (SSSR count). The normalized spacial score (nSPS) is 10.3. The van der Waals surface area contributed by atoms with Crippen LogP contribution < -0.4 is 10.5 Å². The Kier molecular flexibility index (Phi) is 5.50. The largest absolute Gasteiger partial charge is 0.494 e. The van der Waals surface area contributed by atoms with Crippen LogP contribution in [-0.2, 0) is 5.75 Å². The molecular weight excluding hydrogens is 213 g/mol. The predicted octanol–water partition coefficient (Wildman–Crippen LogP) is 2.42. The van der Waals surface area contributed by atoms with Crippen LogP contribution in [0, 0.1) is 5.82 Å². The lowest BCUT2D eigenvalue weighted by Gasteiger charge is -2.06. The van der Waals surface area contributed by atoms with Gasteiger partial charge in [0.05, 0.1) is 7.11 Å². The first-order chi connectivity index (χ1) is 7.29. The van der Waals surface area contributed by atoms with Crippen LogP contribution in [0.2, 0.25) is 0 Å². The van der Waals surface area contributed by atoms with E-state index in [1.165, 1.54) is 7.11 Å². The zero-order chi connectivity index (χ0) is 11.1. The number of rotatable bonds is 6. The SMILES string of the molecule is COc1cccc(CSCCCN)c1F. The smallest absolute Gasteiger partial charge is 0.169 e. The lowest BCUT2D eigenvalue weighted by molar-refractivity contribution is 0.385. The molecule has 0 aromatic heterocycles. The molecule has 0 saturated carbocycles. The van der Waals surface area contributed by atoms with E-state index in [0.29, 0.717) is 23.6 Å². The van der Waals surface area contributed by atoms with Crippen LogP contribution in [0.3, 0.4) is 0 Å². The van der Waals surface area contributed by atoms with E-state index in [0.717, 1.165) is 12.2 Å². The molecule has 2 N–H and O–H groups in total. The van der Waals surface area contributed by atoms with Gasteiger partial charge in [0.15, 0.2) is 11.6 Å². The van der Waals surface area contributed by atoms with E-state index >= 15 is 0 Å². The third-order valence-electron chi connectivity index (χ3n) is 2.01. The molecule has 0 bridgehead atoms. The first-order valence-electron chi connectivity index (χ1n) is 4.88. The van der Waals surface area contributed by atoms with Gasteiger partial charge in [0, 0.05) is 11.3 Å². The van der Waals surface area contributed by atoms with Crippen molar-refractivity contribution in [1.82, 2.24) is 0 Å². The molecule has 0 heterocycles. The molecule has 0 atom stereocenters. The van der Waals surface area contributed by atoms with Crippen molar-refractivity contribution in [3.8, 4) is 5.75 Å². The van der Waals surface area contributed by atoms with Crippen LogP contribution in [0.5, 0.6) is 5.75 Å². The van der Waals surface area contributed by atoms with Gasteiger partial charge in [-0.3, -0.25) is 0 Å². The Morgan fingerprint density at radius 1 is 1.47 bits per heavy atom. The fourth-order valence-electron chi connectivity index (χ4n) is 1.19. The molecule has 4 heteroatoms. The third-order valence-corrected chi connectivity index (χ3v) is 3.11. The average Bonchev–Trinajstić information content (AvgIpc) is 2.26. The van der Waals surface area contributed by atoms with Gasteiger partial charge in [-0.1, -0.05) is 12.1 Å². The summed E-state index contributed by atoms with van der Waals surface area (Å²) in [6.45, 7) is 0.688. The standard InChI is InChI=1S/C11H16FNOS/c1-14-10-5-2-4-9(11(10)12)8-15-7-3-6-13/h2,4-5H,3,6-8,13H2,1H3. The van der Waals surface area contributed by atoms with Gasteiger partial charge in [-0.05, 0) is 24.8 Å². The number of ether oxygens (including phenoxy) is 1. The van der Waals surface area contributed by atoms with Crippen molar-refractivity contribution in [3.63, 3.8) is 0 Å². The summed E-state index contributed by atoms with van der Waals surface area (Å²) in [7, 11) is 1.48. The Labute approximate surface area is 94.0 Å². The highest BCUT2D eigenvalue weighted by Gasteiger charge is 2.07. The first kappa shape index (κ1) is 12.3. The van der Waals surface area contributed by atoms with Crippen molar-refractivity contribution in [2.75, 3.05) is 19.4 Å². The molecule has 0 unspecified atom stereocenters. The average molecular weight is 229 g/mol. The minimum atomic E-state index is -0.250. The Hall–Kier alpha value is -0.740. The molecule has 0 aliphatic heterocycles. The summed E-state index contributed by atoms with van der Waals surface area (Å²) in [5, 5.41) is 0. The molecule has 15 heavy (non-hydrogen) atoms. The monoisotopic (exact) mass is 229 g/mol. The summed E-state index contributed by atoms with van der Waals surface area (Å²) < 4.78 is 18.5. The van der Waals surface area contributed by atoms with Gasteiger partial charge >= 0.3 is 0 Å². The van der Waals surface area contributed by atoms with E-state index < -0.39 is 0 Å². The van der Waals surface area contributed by atoms with Gasteiger partial charge < -0.3 is 10.5 Å². The van der Waals surface area contributed by atoms with Crippen molar-refractivity contribution in [3.05, 3.63) is 29.6 Å². The highest BCUT2D eigenvalue weighted by atomic mass is 32.2. The van der Waals surface area contributed by atoms with Crippen molar-refractivity contribution >= 4 is 11.8 Å². The maximum absolute atomic E-state index is 13.6. The van der Waals surface area contributed by atoms with Crippen LogP contribution in [0.4, 0.5) is 4.39 Å². The van der Waals surface area contributed by atoms with Gasteiger partial charge in [0.25, 0.3) is 0 Å². The van der Waals surface area contributed by atoms with Crippen molar-refractivity contribution in [2.24, 2.45) is 5.73 Å². The number of benzene rings is 1. The lowest BCUT2D eigenvalue weighted by atomic mass is 10.2. The summed E-state index contributed by atoms with van der Waals surface area (Å²) in [6, 6.07) is 5.22. The molecule has 0 aliphatic carbocycles. The van der Waals surface area contributed by atoms with Crippen LogP contribution in [0.15, 0.2) is 18.2 Å². The van der Waals surface area contributed by atoms with E-state index in [1.807, 2.05) is 0 Å². The molecule has 0 amide bonds. The first-order valence-corrected chi connectivity index (χ1v) is 6.04. The second kappa shape index (κ2) is 6.69. The van der Waals surface area contributed by atoms with E-state index in [4.69, 9.17) is 10.5 Å². The van der Waals surface area contributed by atoms with Crippen LogP contribution in [0.1, 0.15) is 12.0 Å². The molecule has 1 aromatic carbocycles. The molecule has 0 fully saturated rings. The van der Waals surface area contributed by atoms with Crippen LogP contribution in [0.25, 0.3) is 0 Å². The zero-order valence-electron chi connectivity index (χ0n) is 8.83. The van der Waals surface area contributed by atoms with Gasteiger partial charge in [-0.15, -0.1) is 0 Å². The minimum absolute atomic E-state index is 0.250. The predicted molar refractivity (Wildman–Crippen MR) is 62.8 cm³/mol. The second-order valence-corrected chi connectivity index (χ2v) is 4.23. The molecule has 1 aromatic rings. The van der Waals surface area contributed by atoms with Crippen molar-refractivity contribution in [1.29, 1.82) is 0 Å². The number of hydrogen-bond donors (Lipinski definition) is 1. The topological polar surface area (TPSA) is 35.2 Å². The fourth-order valence-corrected chi connectivity index (χ4v) is 2.15. The summed E-state index contributed by atoms with van der Waals surface area (Å²) in [5.41, 5.74) is 6.07. The third kappa shape index (κ3) is 3.72. The molecule has 84 valence electrons. The van der Waals surface area contributed by atoms with E-state index in [9.17, 15) is 4.39 Å². The number of thioether (sulfide) groups is 1. The van der Waals surface area contributed by atoms with Crippen LogP contribution >= 0.6 is 11.8 Å². The maximum Gasteiger partial charge on any atom is 0.169 e. The summed E-state index contributed by atoms with van der Waals surface area (Å²) in [6.07, 6.45) is 0.969. The number of methoxy groups -OCH3 is 1. The van der Waals surface area contributed by atoms with Gasteiger partial charge in [-0.2, -0.15) is 11.8 Å². The Balaban J connectivity index is 2.53. The fraction of sp³-hybridized carbons (Fsp3) is 0.455. The van der Waals surface area contributed by atoms with Gasteiger partial charge in [-0.25, -0.2) is 4.39 Å². The minimum Gasteiger partial charge on any atom is -0.494 e. The molecular formula is C11H16FNOS. The second-order valence-electron chi connectivity index (χ2n) is 3.13. The van der Waals surface area contributed by atoms with Crippen LogP contribution in [-0.4, -0.2) is 19.4 Å². The summed E-state index contributed by atoms with van der Waals surface area (Å²) >= 11 is 1.69. The Bertz CT molecular complexity index is 307. The van der Waals surface area contributed by atoms with Gasteiger partial charge in [0.2, 0.25) is 0 Å². The number of hydrogen-bond acceptors (Lipinski definition) is 3. The maximum atomic E-state index is 13.6. The van der Waals surface area contributed by atoms with E-state index in [2.05, 4.69) is 0 Å². The van der Waals surface area contributed by atoms with Gasteiger partial charge in [0.1, 0.15) is 0 Å². The summed E-state index contributed by atoms with van der Waals surface area (Å²) in [4.78, 5) is 0. The molecule has 0 radical (unpaired) electrons.